The Morgan fingerprint density at radius 3 is 2.79 bits per heavy atom. The van der Waals surface area contributed by atoms with E-state index in [4.69, 9.17) is 0 Å². The molecule has 0 bridgehead atoms. The van der Waals surface area contributed by atoms with Gasteiger partial charge >= 0.3 is 0 Å². The van der Waals surface area contributed by atoms with Crippen LogP contribution in [-0.4, -0.2) is 10.3 Å². The molecule has 0 saturated carbocycles. The normalized spacial score (nSPS) is 10.1. The van der Waals surface area contributed by atoms with Gasteiger partial charge in [-0.1, -0.05) is 15.9 Å². The predicted molar refractivity (Wildman–Crippen MR) is 67.9 cm³/mol. The van der Waals surface area contributed by atoms with Crippen molar-refractivity contribution in [1.82, 2.24) is 0 Å². The lowest BCUT2D eigenvalue weighted by Gasteiger charge is -2.02. The number of nitrogens with zero attached hydrogens (tertiary/aromatic N) is 1. The van der Waals surface area contributed by atoms with Gasteiger partial charge in [0.1, 0.15) is 0 Å². The zero-order chi connectivity index (χ0) is 10.6. The highest BCUT2D eigenvalue weighted by molar-refractivity contribution is 14.1. The molecule has 0 aromatic heterocycles. The first-order valence-electron chi connectivity index (χ1n) is 4.14. The summed E-state index contributed by atoms with van der Waals surface area (Å²) in [5.74, 6) is 0. The second-order valence-corrected chi connectivity index (χ2v) is 4.78. The lowest BCUT2D eigenvalue weighted by atomic mass is 10.1. The van der Waals surface area contributed by atoms with Gasteiger partial charge in [0.15, 0.2) is 0 Å². The molecule has 1 aromatic carbocycles. The number of alkyl halides is 1. The molecule has 0 atom stereocenters. The first-order chi connectivity index (χ1) is 6.65. The molecule has 0 aliphatic heterocycles. The second kappa shape index (κ2) is 5.65. The predicted octanol–water partition coefficient (Wildman–Crippen LogP) is 3.53. The Balaban J connectivity index is 2.90. The van der Waals surface area contributed by atoms with Gasteiger partial charge in [-0.2, -0.15) is 0 Å². The highest BCUT2D eigenvalue weighted by atomic mass is 127. The van der Waals surface area contributed by atoms with E-state index in [9.17, 15) is 10.1 Å². The van der Waals surface area contributed by atoms with Crippen molar-refractivity contribution < 1.29 is 4.92 Å². The topological polar surface area (TPSA) is 43.1 Å². The number of nitro benzene ring substituents is 1. The molecular weight excluding hydrogens is 361 g/mol. The minimum atomic E-state index is -0.353. The molecule has 5 heteroatoms. The first-order valence-corrected chi connectivity index (χ1v) is 6.34. The molecule has 0 radical (unpaired) electrons. The van der Waals surface area contributed by atoms with Crippen molar-refractivity contribution >= 4 is 44.2 Å². The molecule has 0 saturated heterocycles. The molecule has 0 unspecified atom stereocenters. The fourth-order valence-electron chi connectivity index (χ4n) is 1.12. The van der Waals surface area contributed by atoms with E-state index in [0.29, 0.717) is 0 Å². The van der Waals surface area contributed by atoms with E-state index >= 15 is 0 Å². The lowest BCUT2D eigenvalue weighted by Crippen LogP contribution is -1.94. The summed E-state index contributed by atoms with van der Waals surface area (Å²) in [5.41, 5.74) is 1.23. The van der Waals surface area contributed by atoms with E-state index in [-0.39, 0.29) is 10.6 Å². The van der Waals surface area contributed by atoms with E-state index in [1.807, 2.05) is 0 Å². The first kappa shape index (κ1) is 11.9. The summed E-state index contributed by atoms with van der Waals surface area (Å²) >= 11 is 5.54. The summed E-state index contributed by atoms with van der Waals surface area (Å²) in [5, 5.41) is 11.5. The zero-order valence-corrected chi connectivity index (χ0v) is 11.1. The number of aryl methyl sites for hydroxylation is 1. The van der Waals surface area contributed by atoms with Crippen molar-refractivity contribution in [3.8, 4) is 0 Å². The number of hydrogen-bond acceptors (Lipinski definition) is 2. The molecule has 0 aliphatic rings. The summed E-state index contributed by atoms with van der Waals surface area (Å²) in [6.45, 7) is 0. The van der Waals surface area contributed by atoms with Crippen LogP contribution in [0.2, 0.25) is 0 Å². The van der Waals surface area contributed by atoms with Gasteiger partial charge in [-0.15, -0.1) is 0 Å². The van der Waals surface area contributed by atoms with Crippen molar-refractivity contribution in [2.75, 3.05) is 5.33 Å². The molecule has 0 aliphatic carbocycles. The minimum Gasteiger partial charge on any atom is -0.258 e. The third-order valence-corrected chi connectivity index (χ3v) is 3.43. The number of halogens is 2. The van der Waals surface area contributed by atoms with Crippen molar-refractivity contribution in [2.45, 2.75) is 12.8 Å². The van der Waals surface area contributed by atoms with Crippen LogP contribution < -0.4 is 0 Å². The second-order valence-electron chi connectivity index (χ2n) is 2.83. The molecule has 0 heterocycles. The van der Waals surface area contributed by atoms with Crippen LogP contribution in [0.25, 0.3) is 0 Å². The van der Waals surface area contributed by atoms with Gasteiger partial charge in [0.2, 0.25) is 0 Å². The SMILES string of the molecule is O=[N+]([O-])c1ccc(I)c(CCCBr)c1. The molecule has 0 spiro atoms. The maximum Gasteiger partial charge on any atom is 0.269 e. The van der Waals surface area contributed by atoms with Gasteiger partial charge < -0.3 is 0 Å². The average Bonchev–Trinajstić information content (AvgIpc) is 2.16. The van der Waals surface area contributed by atoms with Crippen LogP contribution in [0, 0.1) is 13.7 Å². The zero-order valence-electron chi connectivity index (χ0n) is 7.37. The number of benzene rings is 1. The Bertz CT molecular complexity index is 344. The lowest BCUT2D eigenvalue weighted by molar-refractivity contribution is -0.384. The van der Waals surface area contributed by atoms with Crippen LogP contribution in [0.3, 0.4) is 0 Å². The van der Waals surface area contributed by atoms with Crippen molar-refractivity contribution in [1.29, 1.82) is 0 Å². The van der Waals surface area contributed by atoms with Crippen LogP contribution in [0.1, 0.15) is 12.0 Å². The Hall–Kier alpha value is -0.170. The Morgan fingerprint density at radius 1 is 1.50 bits per heavy atom. The van der Waals surface area contributed by atoms with Crippen LogP contribution >= 0.6 is 38.5 Å². The molecule has 76 valence electrons. The molecule has 1 rings (SSSR count). The Morgan fingerprint density at radius 2 is 2.21 bits per heavy atom. The largest absolute Gasteiger partial charge is 0.269 e. The third kappa shape index (κ3) is 3.20. The fourth-order valence-corrected chi connectivity index (χ4v) is 2.01. The quantitative estimate of drug-likeness (QED) is 0.352. The van der Waals surface area contributed by atoms with Gasteiger partial charge in [0.05, 0.1) is 4.92 Å². The Kier molecular flexibility index (Phi) is 4.80. The van der Waals surface area contributed by atoms with Crippen molar-refractivity contribution in [3.05, 3.63) is 37.4 Å². The summed E-state index contributed by atoms with van der Waals surface area (Å²) < 4.78 is 1.09. The van der Waals surface area contributed by atoms with Gasteiger partial charge in [-0.25, -0.2) is 0 Å². The molecule has 0 N–H and O–H groups in total. The van der Waals surface area contributed by atoms with E-state index < -0.39 is 0 Å². The summed E-state index contributed by atoms with van der Waals surface area (Å²) in [7, 11) is 0. The van der Waals surface area contributed by atoms with Crippen LogP contribution in [-0.2, 0) is 6.42 Å². The van der Waals surface area contributed by atoms with E-state index in [0.717, 1.165) is 27.3 Å². The molecule has 14 heavy (non-hydrogen) atoms. The number of non-ortho nitro benzene ring substituents is 1. The molecule has 0 fully saturated rings. The molecule has 0 amide bonds. The standard InChI is InChI=1S/C9H9BrINO2/c10-5-1-2-7-6-8(12(13)14)3-4-9(7)11/h3-4,6H,1-2,5H2. The monoisotopic (exact) mass is 369 g/mol. The van der Waals surface area contributed by atoms with E-state index in [2.05, 4.69) is 38.5 Å². The number of nitro groups is 1. The van der Waals surface area contributed by atoms with Gasteiger partial charge in [0.25, 0.3) is 5.69 Å². The van der Waals surface area contributed by atoms with Crippen LogP contribution in [0.15, 0.2) is 18.2 Å². The smallest absolute Gasteiger partial charge is 0.258 e. The average molecular weight is 370 g/mol. The van der Waals surface area contributed by atoms with Gasteiger partial charge in [-0.05, 0) is 47.1 Å². The van der Waals surface area contributed by atoms with Crippen molar-refractivity contribution in [3.63, 3.8) is 0 Å². The van der Waals surface area contributed by atoms with E-state index in [1.54, 1.807) is 18.2 Å². The highest BCUT2D eigenvalue weighted by Crippen LogP contribution is 2.20. The van der Waals surface area contributed by atoms with Gasteiger partial charge in [-0.3, -0.25) is 10.1 Å². The molecular formula is C9H9BrINO2. The number of rotatable bonds is 4. The number of hydrogen-bond donors (Lipinski definition) is 0. The minimum absolute atomic E-state index is 0.176. The molecule has 1 aromatic rings. The third-order valence-electron chi connectivity index (χ3n) is 1.82. The maximum atomic E-state index is 10.5. The fraction of sp³-hybridized carbons (Fsp3) is 0.333. The summed E-state index contributed by atoms with van der Waals surface area (Å²) in [6.07, 6.45) is 1.88. The van der Waals surface area contributed by atoms with Gasteiger partial charge in [0, 0.05) is 21.0 Å². The summed E-state index contributed by atoms with van der Waals surface area (Å²) in [4.78, 5) is 10.2. The summed E-state index contributed by atoms with van der Waals surface area (Å²) in [6, 6.07) is 4.99. The maximum absolute atomic E-state index is 10.5. The van der Waals surface area contributed by atoms with E-state index in [1.165, 1.54) is 0 Å². The van der Waals surface area contributed by atoms with Crippen molar-refractivity contribution in [2.24, 2.45) is 0 Å². The molecule has 3 nitrogen and oxygen atoms in total. The highest BCUT2D eigenvalue weighted by Gasteiger charge is 2.08. The van der Waals surface area contributed by atoms with Crippen LogP contribution in [0.5, 0.6) is 0 Å². The Labute approximate surface area is 104 Å². The van der Waals surface area contributed by atoms with Crippen LogP contribution in [0.4, 0.5) is 5.69 Å².